The number of aliphatic hydroxyl groups is 2. The summed E-state index contributed by atoms with van der Waals surface area (Å²) in [5.41, 5.74) is 5.18. The van der Waals surface area contributed by atoms with Crippen LogP contribution in [0.2, 0.25) is 0 Å². The molecule has 0 spiro atoms. The van der Waals surface area contributed by atoms with Gasteiger partial charge >= 0.3 is 0 Å². The smallest absolute Gasteiger partial charge is 0.264 e. The van der Waals surface area contributed by atoms with Gasteiger partial charge in [-0.2, -0.15) is 0 Å². The first-order valence-electron chi connectivity index (χ1n) is 9.41. The largest absolute Gasteiger partial charge is 0.393 e. The number of nitrogens with one attached hydrogen (secondary N) is 1. The van der Waals surface area contributed by atoms with Gasteiger partial charge in [0.1, 0.15) is 4.75 Å². The van der Waals surface area contributed by atoms with E-state index in [1.807, 2.05) is 48.5 Å². The lowest BCUT2D eigenvalue weighted by Gasteiger charge is -2.25. The summed E-state index contributed by atoms with van der Waals surface area (Å²) in [4.78, 5) is 11.9. The summed E-state index contributed by atoms with van der Waals surface area (Å²) in [5.74, 6) is -0.942. The van der Waals surface area contributed by atoms with Gasteiger partial charge in [-0.15, -0.1) is 0 Å². The predicted octanol–water partition coefficient (Wildman–Crippen LogP) is 1.96. The lowest BCUT2D eigenvalue weighted by atomic mass is 9.97. The van der Waals surface area contributed by atoms with Crippen molar-refractivity contribution in [1.82, 2.24) is 5.48 Å². The van der Waals surface area contributed by atoms with Gasteiger partial charge < -0.3 is 10.2 Å². The molecule has 0 aromatic heterocycles. The summed E-state index contributed by atoms with van der Waals surface area (Å²) in [6.07, 6.45) is 3.74. The molecule has 0 aliphatic heterocycles. The van der Waals surface area contributed by atoms with Crippen molar-refractivity contribution in [3.05, 3.63) is 65.7 Å². The molecule has 0 aliphatic rings. The van der Waals surface area contributed by atoms with E-state index in [1.165, 1.54) is 18.5 Å². The first kappa shape index (κ1) is 23.8. The van der Waals surface area contributed by atoms with Crippen molar-refractivity contribution in [3.8, 4) is 11.1 Å². The fraction of sp³-hybridized carbons (Fsp3) is 0.318. The Morgan fingerprint density at radius 3 is 2.10 bits per heavy atom. The number of sulfone groups is 1. The van der Waals surface area contributed by atoms with E-state index in [0.29, 0.717) is 6.42 Å². The number of aliphatic hydroxyl groups excluding tert-OH is 2. The van der Waals surface area contributed by atoms with Crippen LogP contribution in [0.25, 0.3) is 17.2 Å². The average molecular weight is 434 g/mol. The number of hydrogen-bond acceptors (Lipinski definition) is 6. The van der Waals surface area contributed by atoms with Crippen LogP contribution in [0, 0.1) is 0 Å². The molecule has 2 unspecified atom stereocenters. The minimum absolute atomic E-state index is 0.0400. The summed E-state index contributed by atoms with van der Waals surface area (Å²) >= 11 is 0. The van der Waals surface area contributed by atoms with Crippen LogP contribution < -0.4 is 5.48 Å². The minimum Gasteiger partial charge on any atom is -0.393 e. The van der Waals surface area contributed by atoms with E-state index in [1.54, 1.807) is 6.08 Å². The highest BCUT2D eigenvalue weighted by molar-refractivity contribution is 7.92. The van der Waals surface area contributed by atoms with Crippen LogP contribution in [0.5, 0.6) is 0 Å². The molecule has 2 rings (SSSR count). The Bertz CT molecular complexity index is 983. The first-order valence-corrected chi connectivity index (χ1v) is 11.3. The minimum atomic E-state index is -3.72. The van der Waals surface area contributed by atoms with Gasteiger partial charge in [0.05, 0.1) is 12.7 Å². The number of carbonyl (C=O) groups is 1. The highest BCUT2D eigenvalue weighted by Crippen LogP contribution is 2.25. The van der Waals surface area contributed by atoms with Crippen molar-refractivity contribution in [2.24, 2.45) is 0 Å². The van der Waals surface area contributed by atoms with Gasteiger partial charge in [-0.05, 0) is 42.0 Å². The molecule has 162 valence electrons. The Hall–Kier alpha value is -2.52. The summed E-state index contributed by atoms with van der Waals surface area (Å²) < 4.78 is 22.4. The second-order valence-electron chi connectivity index (χ2n) is 7.37. The third-order valence-corrected chi connectivity index (χ3v) is 7.21. The number of amides is 1. The molecule has 30 heavy (non-hydrogen) atoms. The van der Waals surface area contributed by atoms with Crippen molar-refractivity contribution in [2.45, 2.75) is 30.6 Å². The molecule has 0 heterocycles. The number of hydrogen-bond donors (Lipinski definition) is 4. The summed E-state index contributed by atoms with van der Waals surface area (Å²) in [6, 6.07) is 15.3. The lowest BCUT2D eigenvalue weighted by Crippen LogP contribution is -2.49. The normalized spacial score (nSPS) is 15.0. The van der Waals surface area contributed by atoms with Gasteiger partial charge in [0, 0.05) is 6.26 Å². The zero-order valence-corrected chi connectivity index (χ0v) is 17.8. The topological polar surface area (TPSA) is 124 Å². The van der Waals surface area contributed by atoms with E-state index < -0.39 is 26.6 Å². The maximum Gasteiger partial charge on any atom is 0.264 e. The third-order valence-electron chi connectivity index (χ3n) is 5.19. The van der Waals surface area contributed by atoms with Crippen LogP contribution in [0.4, 0.5) is 0 Å². The van der Waals surface area contributed by atoms with Crippen molar-refractivity contribution < 1.29 is 28.6 Å². The average Bonchev–Trinajstić information content (AvgIpc) is 2.75. The van der Waals surface area contributed by atoms with E-state index in [0.717, 1.165) is 28.5 Å². The number of rotatable bonds is 9. The van der Waals surface area contributed by atoms with Crippen LogP contribution in [-0.4, -0.2) is 53.5 Å². The van der Waals surface area contributed by atoms with Gasteiger partial charge in [-0.3, -0.25) is 10.0 Å². The zero-order valence-electron chi connectivity index (χ0n) is 16.9. The Kier molecular flexibility index (Phi) is 7.91. The van der Waals surface area contributed by atoms with Crippen LogP contribution in [0.1, 0.15) is 24.5 Å². The second-order valence-corrected chi connectivity index (χ2v) is 9.82. The molecule has 8 heteroatoms. The van der Waals surface area contributed by atoms with E-state index in [-0.39, 0.29) is 13.0 Å². The van der Waals surface area contributed by atoms with Gasteiger partial charge in [-0.25, -0.2) is 13.9 Å². The summed E-state index contributed by atoms with van der Waals surface area (Å²) in [5, 5.41) is 27.1. The SMILES string of the molecule is CC(CCc1ccc(-c2ccc(C=CC(O)CO)cc2)cc1)(C(=O)NO)S(C)(=O)=O. The van der Waals surface area contributed by atoms with Crippen LogP contribution >= 0.6 is 0 Å². The molecule has 2 aromatic carbocycles. The summed E-state index contributed by atoms with van der Waals surface area (Å²) in [7, 11) is -3.72. The van der Waals surface area contributed by atoms with Crippen LogP contribution in [0.3, 0.4) is 0 Å². The fourth-order valence-electron chi connectivity index (χ4n) is 2.90. The maximum atomic E-state index is 12.0. The molecule has 0 aliphatic carbocycles. The fourth-order valence-corrected chi connectivity index (χ4v) is 3.76. The first-order chi connectivity index (χ1) is 14.1. The second kappa shape index (κ2) is 9.99. The maximum absolute atomic E-state index is 12.0. The van der Waals surface area contributed by atoms with Crippen LogP contribution in [0.15, 0.2) is 54.6 Å². The molecule has 0 saturated heterocycles. The molecule has 0 radical (unpaired) electrons. The monoisotopic (exact) mass is 433 g/mol. The summed E-state index contributed by atoms with van der Waals surface area (Å²) in [6.45, 7) is 0.979. The molecular weight excluding hydrogens is 406 g/mol. The number of carbonyl (C=O) groups excluding carboxylic acids is 1. The van der Waals surface area contributed by atoms with Gasteiger partial charge in [-0.1, -0.05) is 60.7 Å². The Labute approximate surface area is 176 Å². The molecule has 2 atom stereocenters. The van der Waals surface area contributed by atoms with E-state index in [9.17, 15) is 18.3 Å². The molecular formula is C22H27NO6S. The molecule has 0 bridgehead atoms. The molecule has 0 fully saturated rings. The Morgan fingerprint density at radius 2 is 1.63 bits per heavy atom. The van der Waals surface area contributed by atoms with Crippen molar-refractivity contribution in [1.29, 1.82) is 0 Å². The van der Waals surface area contributed by atoms with Gasteiger partial charge in [0.15, 0.2) is 9.84 Å². The molecule has 4 N–H and O–H groups in total. The van der Waals surface area contributed by atoms with E-state index in [4.69, 9.17) is 10.3 Å². The van der Waals surface area contributed by atoms with Crippen LogP contribution in [-0.2, 0) is 21.1 Å². The highest BCUT2D eigenvalue weighted by atomic mass is 32.2. The highest BCUT2D eigenvalue weighted by Gasteiger charge is 2.43. The van der Waals surface area contributed by atoms with Crippen molar-refractivity contribution in [2.75, 3.05) is 12.9 Å². The van der Waals surface area contributed by atoms with Gasteiger partial charge in [0.25, 0.3) is 5.91 Å². The zero-order chi connectivity index (χ0) is 22.4. The molecule has 2 aromatic rings. The lowest BCUT2D eigenvalue weighted by molar-refractivity contribution is -0.131. The number of benzene rings is 2. The number of hydroxylamine groups is 1. The number of aryl methyl sites for hydroxylation is 1. The van der Waals surface area contributed by atoms with Crippen molar-refractivity contribution in [3.63, 3.8) is 0 Å². The quantitative estimate of drug-likeness (QED) is 0.354. The Balaban J connectivity index is 2.09. The standard InChI is InChI=1S/C22H27NO6S/c1-22(21(26)23-27,30(2,28)29)14-13-17-5-10-19(11-6-17)18-8-3-16(4-9-18)7-12-20(25)15-24/h3-12,20,24-25,27H,13-15H2,1-2H3,(H,23,26). The third kappa shape index (κ3) is 5.76. The van der Waals surface area contributed by atoms with Crippen molar-refractivity contribution >= 4 is 21.8 Å². The molecule has 1 amide bonds. The van der Waals surface area contributed by atoms with Gasteiger partial charge in [0.2, 0.25) is 0 Å². The molecule has 0 saturated carbocycles. The van der Waals surface area contributed by atoms with E-state index >= 15 is 0 Å². The Morgan fingerprint density at radius 1 is 1.10 bits per heavy atom. The molecule has 7 nitrogen and oxygen atoms in total. The predicted molar refractivity (Wildman–Crippen MR) is 116 cm³/mol. The van der Waals surface area contributed by atoms with E-state index in [2.05, 4.69) is 0 Å².